The summed E-state index contributed by atoms with van der Waals surface area (Å²) in [5, 5.41) is 10.8. The molecule has 19 heavy (non-hydrogen) atoms. The molecule has 0 aromatic carbocycles. The molecule has 1 fully saturated rings. The zero-order valence-electron chi connectivity index (χ0n) is 10.4. The maximum absolute atomic E-state index is 11.7. The lowest BCUT2D eigenvalue weighted by molar-refractivity contribution is -0.534. The fraction of sp³-hybridized carbons (Fsp3) is 0.357. The van der Waals surface area contributed by atoms with Gasteiger partial charge in [-0.3, -0.25) is 9.59 Å². The van der Waals surface area contributed by atoms with Crippen LogP contribution in [0, 0.1) is 0 Å². The fourth-order valence-electron chi connectivity index (χ4n) is 2.49. The molecule has 3 rings (SSSR count). The molecule has 1 saturated heterocycles. The van der Waals surface area contributed by atoms with Gasteiger partial charge in [-0.15, -0.1) is 0 Å². The normalized spacial score (nSPS) is 27.5. The standard InChI is InChI=1S/C14H13NO3S/c16-9-8-10(17)14(18)13(9)11-4-5-12(19-11)15-6-2-1-3-7-15/h4-5,8H,1-3,6-7H2/p+1/b13-11-. The highest BCUT2D eigenvalue weighted by atomic mass is 32.2. The van der Waals surface area contributed by atoms with Crippen LogP contribution in [0.1, 0.15) is 19.3 Å². The molecule has 0 atom stereocenters. The molecule has 3 aliphatic rings. The summed E-state index contributed by atoms with van der Waals surface area (Å²) in [6.07, 6.45) is 8.41. The minimum Gasteiger partial charge on any atom is -0.507 e. The van der Waals surface area contributed by atoms with E-state index in [-0.39, 0.29) is 11.3 Å². The van der Waals surface area contributed by atoms with Crippen molar-refractivity contribution in [2.24, 2.45) is 0 Å². The Morgan fingerprint density at radius 2 is 1.84 bits per heavy atom. The molecule has 0 amide bonds. The number of carbonyl (C=O) groups is 2. The SMILES string of the molecule is O=C1C=C(O)/C(=C2\C=CC(=[N+]3CCCCC3)S2)C1=O. The maximum atomic E-state index is 11.7. The highest BCUT2D eigenvalue weighted by Crippen LogP contribution is 2.34. The molecule has 0 saturated carbocycles. The van der Waals surface area contributed by atoms with Gasteiger partial charge >= 0.3 is 0 Å². The van der Waals surface area contributed by atoms with E-state index in [1.165, 1.54) is 31.0 Å². The van der Waals surface area contributed by atoms with Crippen LogP contribution in [0.25, 0.3) is 0 Å². The first kappa shape index (κ1) is 12.4. The van der Waals surface area contributed by atoms with Crippen LogP contribution < -0.4 is 0 Å². The largest absolute Gasteiger partial charge is 0.507 e. The molecule has 0 bridgehead atoms. The summed E-state index contributed by atoms with van der Waals surface area (Å²) in [5.74, 6) is -1.45. The first-order chi connectivity index (χ1) is 9.16. The van der Waals surface area contributed by atoms with Gasteiger partial charge in [-0.2, -0.15) is 0 Å². The van der Waals surface area contributed by atoms with Crippen molar-refractivity contribution in [2.75, 3.05) is 13.1 Å². The molecule has 4 nitrogen and oxygen atoms in total. The molecule has 2 aliphatic heterocycles. The Morgan fingerprint density at radius 1 is 1.11 bits per heavy atom. The Balaban J connectivity index is 1.91. The van der Waals surface area contributed by atoms with Crippen molar-refractivity contribution < 1.29 is 19.3 Å². The van der Waals surface area contributed by atoms with Gasteiger partial charge in [0.2, 0.25) is 16.6 Å². The van der Waals surface area contributed by atoms with Gasteiger partial charge in [-0.05, 0) is 24.3 Å². The lowest BCUT2D eigenvalue weighted by Crippen LogP contribution is -2.23. The molecule has 98 valence electrons. The van der Waals surface area contributed by atoms with E-state index in [0.29, 0.717) is 4.91 Å². The number of ketones is 2. The van der Waals surface area contributed by atoms with Crippen molar-refractivity contribution >= 4 is 28.4 Å². The number of hydrogen-bond donors (Lipinski definition) is 1. The molecule has 0 radical (unpaired) electrons. The van der Waals surface area contributed by atoms with Gasteiger partial charge in [0.25, 0.3) is 0 Å². The number of allylic oxidation sites excluding steroid dienone is 3. The highest BCUT2D eigenvalue weighted by molar-refractivity contribution is 8.18. The van der Waals surface area contributed by atoms with Gasteiger partial charge in [0, 0.05) is 29.9 Å². The molecule has 1 N–H and O–H groups in total. The van der Waals surface area contributed by atoms with Crippen molar-refractivity contribution in [2.45, 2.75) is 19.3 Å². The van der Waals surface area contributed by atoms with Crippen LogP contribution in [0.15, 0.2) is 34.5 Å². The molecule has 5 heteroatoms. The number of carbonyl (C=O) groups excluding carboxylic acids is 2. The highest BCUT2D eigenvalue weighted by Gasteiger charge is 2.33. The summed E-state index contributed by atoms with van der Waals surface area (Å²) in [6, 6.07) is 0. The molecular weight excluding hydrogens is 262 g/mol. The number of rotatable bonds is 0. The van der Waals surface area contributed by atoms with Gasteiger partial charge in [-0.25, -0.2) is 4.58 Å². The van der Waals surface area contributed by atoms with Gasteiger partial charge in [0.1, 0.15) is 18.8 Å². The maximum Gasteiger partial charge on any atom is 0.239 e. The summed E-state index contributed by atoms with van der Waals surface area (Å²) in [7, 11) is 0. The second-order valence-corrected chi connectivity index (χ2v) is 5.85. The van der Waals surface area contributed by atoms with Crippen molar-refractivity contribution in [1.82, 2.24) is 0 Å². The third-order valence-corrected chi connectivity index (χ3v) is 4.64. The topological polar surface area (TPSA) is 57.4 Å². The van der Waals surface area contributed by atoms with Crippen molar-refractivity contribution in [3.05, 3.63) is 34.5 Å². The predicted octanol–water partition coefficient (Wildman–Crippen LogP) is 1.73. The fourth-order valence-corrected chi connectivity index (χ4v) is 3.59. The van der Waals surface area contributed by atoms with Gasteiger partial charge in [0.15, 0.2) is 0 Å². The summed E-state index contributed by atoms with van der Waals surface area (Å²) in [5.41, 5.74) is 0.151. The minimum absolute atomic E-state index is 0.151. The third-order valence-electron chi connectivity index (χ3n) is 3.48. The number of hydrogen-bond acceptors (Lipinski definition) is 4. The van der Waals surface area contributed by atoms with Gasteiger partial charge < -0.3 is 5.11 Å². The van der Waals surface area contributed by atoms with Crippen molar-refractivity contribution in [3.63, 3.8) is 0 Å². The van der Waals surface area contributed by atoms with E-state index in [0.717, 1.165) is 24.2 Å². The third kappa shape index (κ3) is 2.18. The number of thioether (sulfide) groups is 1. The monoisotopic (exact) mass is 276 g/mol. The molecule has 0 spiro atoms. The van der Waals surface area contributed by atoms with Crippen LogP contribution in [0.5, 0.6) is 0 Å². The molecular formula is C14H14NO3S+. The van der Waals surface area contributed by atoms with Gasteiger partial charge in [-0.1, -0.05) is 0 Å². The van der Waals surface area contributed by atoms with E-state index in [1.807, 2.05) is 12.2 Å². The molecule has 0 aromatic heterocycles. The molecule has 1 aliphatic carbocycles. The van der Waals surface area contributed by atoms with Crippen molar-refractivity contribution in [1.29, 1.82) is 0 Å². The first-order valence-corrected chi connectivity index (χ1v) is 7.20. The van der Waals surface area contributed by atoms with E-state index in [2.05, 4.69) is 4.58 Å². The summed E-state index contributed by atoms with van der Waals surface area (Å²) in [4.78, 5) is 23.6. The van der Waals surface area contributed by atoms with Crippen LogP contribution in [-0.4, -0.2) is 39.4 Å². The quantitative estimate of drug-likeness (QED) is 0.416. The van der Waals surface area contributed by atoms with Crippen LogP contribution in [0.4, 0.5) is 0 Å². The lowest BCUT2D eigenvalue weighted by Gasteiger charge is -2.10. The van der Waals surface area contributed by atoms with Crippen LogP contribution in [0.2, 0.25) is 0 Å². The summed E-state index contributed by atoms with van der Waals surface area (Å²) >= 11 is 1.46. The summed E-state index contributed by atoms with van der Waals surface area (Å²) in [6.45, 7) is 2.06. The predicted molar refractivity (Wildman–Crippen MR) is 73.3 cm³/mol. The number of piperidine rings is 1. The smallest absolute Gasteiger partial charge is 0.239 e. The van der Waals surface area contributed by atoms with Crippen LogP contribution >= 0.6 is 11.8 Å². The zero-order valence-corrected chi connectivity index (χ0v) is 11.2. The Hall–Kier alpha value is -1.62. The minimum atomic E-state index is -0.638. The number of nitrogens with zero attached hydrogens (tertiary/aromatic N) is 1. The van der Waals surface area contributed by atoms with E-state index in [1.54, 1.807) is 0 Å². The van der Waals surface area contributed by atoms with E-state index < -0.39 is 11.6 Å². The Labute approximate surface area is 115 Å². The Kier molecular flexibility index (Phi) is 3.14. The second-order valence-electron chi connectivity index (χ2n) is 4.78. The average Bonchev–Trinajstić information content (AvgIpc) is 2.97. The number of aliphatic hydroxyl groups excluding tert-OH is 1. The van der Waals surface area contributed by atoms with E-state index in [9.17, 15) is 14.7 Å². The zero-order chi connectivity index (χ0) is 13.4. The van der Waals surface area contributed by atoms with Crippen LogP contribution in [0.3, 0.4) is 0 Å². The van der Waals surface area contributed by atoms with E-state index in [4.69, 9.17) is 0 Å². The van der Waals surface area contributed by atoms with E-state index >= 15 is 0 Å². The Bertz CT molecular complexity index is 588. The first-order valence-electron chi connectivity index (χ1n) is 6.38. The lowest BCUT2D eigenvalue weighted by atomic mass is 10.1. The average molecular weight is 276 g/mol. The molecule has 0 unspecified atom stereocenters. The molecule has 0 aromatic rings. The van der Waals surface area contributed by atoms with Crippen molar-refractivity contribution in [3.8, 4) is 0 Å². The Morgan fingerprint density at radius 3 is 2.47 bits per heavy atom. The number of aliphatic hydroxyl groups is 1. The number of Topliss-reactive ketones (excluding diaryl/α,β-unsaturated/α-hetero) is 1. The van der Waals surface area contributed by atoms with Gasteiger partial charge in [0.05, 0.1) is 5.57 Å². The molecule has 2 heterocycles. The second kappa shape index (κ2) is 4.81. The van der Waals surface area contributed by atoms with Crippen LogP contribution in [-0.2, 0) is 9.59 Å². The summed E-state index contributed by atoms with van der Waals surface area (Å²) < 4.78 is 2.29.